The number of carbonyl (C=O) groups excluding carboxylic acids is 2. The normalized spacial score (nSPS) is 25.0. The fourth-order valence-electron chi connectivity index (χ4n) is 5.31. The highest BCUT2D eigenvalue weighted by Gasteiger charge is 2.46. The van der Waals surface area contributed by atoms with Crippen LogP contribution in [0.3, 0.4) is 0 Å². The monoisotopic (exact) mass is 510 g/mol. The lowest BCUT2D eigenvalue weighted by atomic mass is 9.84. The molecule has 3 aliphatic heterocycles. The lowest BCUT2D eigenvalue weighted by Crippen LogP contribution is -2.50. The zero-order valence-corrected chi connectivity index (χ0v) is 21.2. The summed E-state index contributed by atoms with van der Waals surface area (Å²) in [5, 5.41) is 15.7. The molecule has 4 atom stereocenters. The van der Waals surface area contributed by atoms with Crippen molar-refractivity contribution in [3.8, 4) is 11.5 Å². The molecule has 3 heterocycles. The van der Waals surface area contributed by atoms with E-state index in [-0.39, 0.29) is 43.1 Å². The quantitative estimate of drug-likeness (QED) is 0.547. The maximum absolute atomic E-state index is 12.9. The average molecular weight is 511 g/mol. The lowest BCUT2D eigenvalue weighted by Gasteiger charge is -2.38. The summed E-state index contributed by atoms with van der Waals surface area (Å²) in [4.78, 5) is 29.6. The Labute approximate surface area is 216 Å². The number of methoxy groups -OCH3 is 1. The molecule has 10 nitrogen and oxygen atoms in total. The van der Waals surface area contributed by atoms with Crippen LogP contribution in [0.25, 0.3) is 0 Å². The van der Waals surface area contributed by atoms with Crippen LogP contribution in [0, 0.1) is 0 Å². The molecule has 37 heavy (non-hydrogen) atoms. The molecule has 0 aromatic heterocycles. The summed E-state index contributed by atoms with van der Waals surface area (Å²) in [6.45, 7) is 2.98. The number of ether oxygens (including phenoxy) is 3. The van der Waals surface area contributed by atoms with E-state index in [9.17, 15) is 14.7 Å². The van der Waals surface area contributed by atoms with Gasteiger partial charge in [0.25, 0.3) is 0 Å². The second kappa shape index (κ2) is 11.0. The average Bonchev–Trinajstić information content (AvgIpc) is 3.27. The third-order valence-corrected chi connectivity index (χ3v) is 7.36. The number of likely N-dealkylation sites (N-methyl/N-ethyl adjacent to an activating group) is 1. The van der Waals surface area contributed by atoms with Gasteiger partial charge in [-0.2, -0.15) is 0 Å². The number of rotatable bonds is 6. The molecular weight excluding hydrogens is 476 g/mol. The van der Waals surface area contributed by atoms with Crippen molar-refractivity contribution in [1.82, 2.24) is 9.80 Å². The van der Waals surface area contributed by atoms with Crippen molar-refractivity contribution < 1.29 is 28.9 Å². The molecule has 3 amide bonds. The van der Waals surface area contributed by atoms with Gasteiger partial charge in [-0.1, -0.05) is 0 Å². The summed E-state index contributed by atoms with van der Waals surface area (Å²) in [5.41, 5.74) is 2.23. The molecule has 10 heteroatoms. The molecule has 2 aromatic carbocycles. The van der Waals surface area contributed by atoms with Crippen molar-refractivity contribution in [3.05, 3.63) is 48.0 Å². The highest BCUT2D eigenvalue weighted by molar-refractivity contribution is 5.99. The molecule has 2 saturated heterocycles. The van der Waals surface area contributed by atoms with Gasteiger partial charge < -0.3 is 39.8 Å². The molecule has 0 bridgehead atoms. The van der Waals surface area contributed by atoms with Gasteiger partial charge in [0.2, 0.25) is 5.91 Å². The minimum Gasteiger partial charge on any atom is -0.497 e. The van der Waals surface area contributed by atoms with Crippen LogP contribution < -0.4 is 20.1 Å². The maximum atomic E-state index is 12.9. The zero-order valence-electron chi connectivity index (χ0n) is 21.2. The number of nitrogens with zero attached hydrogens (tertiary/aromatic N) is 2. The summed E-state index contributed by atoms with van der Waals surface area (Å²) in [6, 6.07) is 12.2. The van der Waals surface area contributed by atoms with Gasteiger partial charge in [0.1, 0.15) is 23.7 Å². The summed E-state index contributed by atoms with van der Waals surface area (Å²) in [7, 11) is 3.65. The van der Waals surface area contributed by atoms with Crippen molar-refractivity contribution in [2.24, 2.45) is 0 Å². The predicted molar refractivity (Wildman–Crippen MR) is 138 cm³/mol. The van der Waals surface area contributed by atoms with Crippen molar-refractivity contribution in [1.29, 1.82) is 0 Å². The summed E-state index contributed by atoms with van der Waals surface area (Å²) < 4.78 is 17.4. The van der Waals surface area contributed by atoms with E-state index in [1.807, 2.05) is 17.0 Å². The van der Waals surface area contributed by atoms with Crippen molar-refractivity contribution in [3.63, 3.8) is 0 Å². The van der Waals surface area contributed by atoms with Crippen LogP contribution in [0.15, 0.2) is 42.5 Å². The van der Waals surface area contributed by atoms with Gasteiger partial charge in [-0.05, 0) is 55.9 Å². The first-order valence-electron chi connectivity index (χ1n) is 12.7. The van der Waals surface area contributed by atoms with Crippen molar-refractivity contribution >= 4 is 23.3 Å². The third-order valence-electron chi connectivity index (χ3n) is 7.36. The van der Waals surface area contributed by atoms with Crippen LogP contribution in [0.2, 0.25) is 0 Å². The number of amides is 3. The first-order valence-corrected chi connectivity index (χ1v) is 12.7. The largest absolute Gasteiger partial charge is 0.497 e. The number of urea groups is 1. The molecule has 2 aromatic rings. The predicted octanol–water partition coefficient (Wildman–Crippen LogP) is 2.50. The number of benzene rings is 2. The minimum atomic E-state index is -0.522. The fourth-order valence-corrected chi connectivity index (χ4v) is 5.31. The topological polar surface area (TPSA) is 113 Å². The van der Waals surface area contributed by atoms with Gasteiger partial charge in [0, 0.05) is 49.0 Å². The number of fused-ring (bicyclic) bond motifs is 3. The summed E-state index contributed by atoms with van der Waals surface area (Å²) >= 11 is 0. The van der Waals surface area contributed by atoms with Crippen LogP contribution in [0.4, 0.5) is 16.2 Å². The van der Waals surface area contributed by atoms with Gasteiger partial charge in [0.15, 0.2) is 0 Å². The molecule has 0 radical (unpaired) electrons. The van der Waals surface area contributed by atoms with Gasteiger partial charge in [-0.15, -0.1) is 0 Å². The molecule has 3 aliphatic rings. The number of hydrogen-bond donors (Lipinski definition) is 3. The number of aliphatic hydroxyl groups excluding tert-OH is 1. The van der Waals surface area contributed by atoms with Gasteiger partial charge in [-0.3, -0.25) is 4.79 Å². The molecule has 198 valence electrons. The molecule has 0 spiro atoms. The standard InChI is InChI=1S/C27H34N4O6/c1-30-9-11-31(12-10-30)25(33)15-20-14-22-21-13-18(5-8-23(21)37-26(22)24(16-32)36-20)29-27(34)28-17-3-6-19(35-2)7-4-17/h3-8,13,20,22,24,26,32H,9-12,14-16H2,1-2H3,(H2,28,29,34)/t20-,22+,24-,26-/m1/s1. The van der Waals surface area contributed by atoms with Crippen molar-refractivity contribution in [2.75, 3.05) is 57.6 Å². The van der Waals surface area contributed by atoms with Crippen LogP contribution in [-0.4, -0.2) is 92.1 Å². The van der Waals surface area contributed by atoms with E-state index in [0.717, 1.165) is 31.7 Å². The van der Waals surface area contributed by atoms with Crippen LogP contribution in [-0.2, 0) is 9.53 Å². The number of aliphatic hydroxyl groups is 1. The van der Waals surface area contributed by atoms with E-state index in [1.165, 1.54) is 0 Å². The Morgan fingerprint density at radius 3 is 2.46 bits per heavy atom. The molecule has 0 unspecified atom stereocenters. The highest BCUT2D eigenvalue weighted by Crippen LogP contribution is 2.47. The SMILES string of the molecule is COc1ccc(NC(=O)Nc2ccc3c(c2)[C@@H]2C[C@H](CC(=O)N4CCN(C)CC4)O[C@H](CO)[C@@H]2O3)cc1. The molecular formula is C27H34N4O6. The van der Waals surface area contributed by atoms with E-state index in [1.54, 1.807) is 37.4 Å². The number of piperazine rings is 1. The molecule has 0 saturated carbocycles. The second-order valence-corrected chi connectivity index (χ2v) is 9.85. The fraction of sp³-hybridized carbons (Fsp3) is 0.481. The molecule has 0 aliphatic carbocycles. The Kier molecular flexibility index (Phi) is 7.50. The first kappa shape index (κ1) is 25.3. The summed E-state index contributed by atoms with van der Waals surface area (Å²) in [5.74, 6) is 1.46. The smallest absolute Gasteiger partial charge is 0.323 e. The Bertz CT molecular complexity index is 1120. The van der Waals surface area contributed by atoms with E-state index in [4.69, 9.17) is 14.2 Å². The summed E-state index contributed by atoms with van der Waals surface area (Å²) in [6.07, 6.45) is -0.282. The van der Waals surface area contributed by atoms with Gasteiger partial charge in [0.05, 0.1) is 26.2 Å². The zero-order chi connectivity index (χ0) is 25.9. The van der Waals surface area contributed by atoms with Crippen LogP contribution >= 0.6 is 0 Å². The Morgan fingerprint density at radius 2 is 1.76 bits per heavy atom. The number of nitrogens with one attached hydrogen (secondary N) is 2. The van der Waals surface area contributed by atoms with Crippen LogP contribution in [0.5, 0.6) is 11.5 Å². The maximum Gasteiger partial charge on any atom is 0.323 e. The van der Waals surface area contributed by atoms with Gasteiger partial charge >= 0.3 is 6.03 Å². The number of anilines is 2. The number of hydrogen-bond acceptors (Lipinski definition) is 7. The lowest BCUT2D eigenvalue weighted by molar-refractivity contribution is -0.150. The Morgan fingerprint density at radius 1 is 1.05 bits per heavy atom. The van der Waals surface area contributed by atoms with E-state index in [0.29, 0.717) is 29.3 Å². The van der Waals surface area contributed by atoms with E-state index in [2.05, 4.69) is 22.6 Å². The highest BCUT2D eigenvalue weighted by atomic mass is 16.6. The van der Waals surface area contributed by atoms with Crippen molar-refractivity contribution in [2.45, 2.75) is 37.1 Å². The third kappa shape index (κ3) is 5.66. The molecule has 5 rings (SSSR count). The second-order valence-electron chi connectivity index (χ2n) is 9.85. The Balaban J connectivity index is 1.25. The number of carbonyl (C=O) groups is 2. The molecule has 2 fully saturated rings. The Hall–Kier alpha value is -3.34. The van der Waals surface area contributed by atoms with E-state index >= 15 is 0 Å². The van der Waals surface area contributed by atoms with Crippen LogP contribution in [0.1, 0.15) is 24.3 Å². The van der Waals surface area contributed by atoms with Gasteiger partial charge in [-0.25, -0.2) is 4.79 Å². The minimum absolute atomic E-state index is 0.0439. The molecule has 3 N–H and O–H groups in total. The first-order chi connectivity index (χ1) is 17.9. The van der Waals surface area contributed by atoms with E-state index < -0.39 is 6.10 Å².